The van der Waals surface area contributed by atoms with Crippen LogP contribution >= 0.6 is 11.9 Å². The predicted octanol–water partition coefficient (Wildman–Crippen LogP) is 3.53. The van der Waals surface area contributed by atoms with Crippen LogP contribution in [0.2, 0.25) is 0 Å². The van der Waals surface area contributed by atoms with Gasteiger partial charge in [-0.15, -0.1) is 0 Å². The maximum absolute atomic E-state index is 11.6. The van der Waals surface area contributed by atoms with Crippen LogP contribution in [-0.4, -0.2) is 17.0 Å². The Balaban J connectivity index is 2.35. The Morgan fingerprint density at radius 1 is 1.62 bits per heavy atom. The molecule has 0 aromatic carbocycles. The minimum absolute atomic E-state index is 0.126. The summed E-state index contributed by atoms with van der Waals surface area (Å²) < 4.78 is 4.32. The summed E-state index contributed by atoms with van der Waals surface area (Å²) in [6.07, 6.45) is 10.5. The standard InChI is InChI=1S/C12H14ClNO2/c1-9-7-8-10-5-3-2-4-6-11(10)14(9)12(15)16-13/h2,4-6,9H,3,7-8H2,1H3. The molecule has 0 bridgehead atoms. The molecule has 1 atom stereocenters. The van der Waals surface area contributed by atoms with E-state index in [-0.39, 0.29) is 6.04 Å². The van der Waals surface area contributed by atoms with Crippen LogP contribution in [0.1, 0.15) is 26.2 Å². The highest BCUT2D eigenvalue weighted by atomic mass is 35.5. The molecule has 0 aromatic heterocycles. The number of carbonyl (C=O) groups excluding carboxylic acids is 1. The highest BCUT2D eigenvalue weighted by Gasteiger charge is 2.31. The van der Waals surface area contributed by atoms with E-state index in [4.69, 9.17) is 11.9 Å². The summed E-state index contributed by atoms with van der Waals surface area (Å²) >= 11 is 5.17. The smallest absolute Gasteiger partial charge is 0.330 e. The van der Waals surface area contributed by atoms with Crippen molar-refractivity contribution in [3.8, 4) is 0 Å². The van der Waals surface area contributed by atoms with E-state index >= 15 is 0 Å². The third kappa shape index (κ3) is 2.00. The highest BCUT2D eigenvalue weighted by Crippen LogP contribution is 2.32. The zero-order valence-corrected chi connectivity index (χ0v) is 9.91. The van der Waals surface area contributed by atoms with Crippen LogP contribution in [0.3, 0.4) is 0 Å². The minimum Gasteiger partial charge on any atom is -0.330 e. The molecule has 86 valence electrons. The molecule has 16 heavy (non-hydrogen) atoms. The van der Waals surface area contributed by atoms with Crippen LogP contribution in [0.4, 0.5) is 4.79 Å². The molecule has 1 unspecified atom stereocenters. The summed E-state index contributed by atoms with van der Waals surface area (Å²) in [5, 5.41) is 0. The van der Waals surface area contributed by atoms with Crippen molar-refractivity contribution in [2.45, 2.75) is 32.2 Å². The third-order valence-corrected chi connectivity index (χ3v) is 3.15. The van der Waals surface area contributed by atoms with E-state index in [0.717, 1.165) is 25.0 Å². The second-order valence-electron chi connectivity index (χ2n) is 4.05. The van der Waals surface area contributed by atoms with Gasteiger partial charge in [0.1, 0.15) is 11.9 Å². The van der Waals surface area contributed by atoms with Crippen LogP contribution in [0.5, 0.6) is 0 Å². The summed E-state index contributed by atoms with van der Waals surface area (Å²) in [4.78, 5) is 13.2. The van der Waals surface area contributed by atoms with E-state index in [2.05, 4.69) is 16.4 Å². The zero-order chi connectivity index (χ0) is 11.5. The van der Waals surface area contributed by atoms with Gasteiger partial charge in [0, 0.05) is 6.04 Å². The Morgan fingerprint density at radius 2 is 2.44 bits per heavy atom. The second kappa shape index (κ2) is 4.74. The molecule has 3 nitrogen and oxygen atoms in total. The topological polar surface area (TPSA) is 29.5 Å². The van der Waals surface area contributed by atoms with Gasteiger partial charge in [0.25, 0.3) is 0 Å². The summed E-state index contributed by atoms with van der Waals surface area (Å²) in [5.74, 6) is 0. The number of likely N-dealkylation sites (tertiary alicyclic amines) is 1. The number of hydrogen-bond donors (Lipinski definition) is 0. The van der Waals surface area contributed by atoms with E-state index in [1.54, 1.807) is 4.90 Å². The third-order valence-electron chi connectivity index (χ3n) is 3.01. The number of fused-ring (bicyclic) bond motifs is 1. The molecule has 2 rings (SSSR count). The number of hydrogen-bond acceptors (Lipinski definition) is 2. The van der Waals surface area contributed by atoms with Crippen molar-refractivity contribution < 1.29 is 9.08 Å². The molecule has 0 spiro atoms. The average molecular weight is 240 g/mol. The molecule has 1 amide bonds. The van der Waals surface area contributed by atoms with Crippen molar-refractivity contribution in [3.63, 3.8) is 0 Å². The first-order chi connectivity index (χ1) is 7.74. The van der Waals surface area contributed by atoms with Gasteiger partial charge in [-0.2, -0.15) is 0 Å². The summed E-state index contributed by atoms with van der Waals surface area (Å²) in [7, 11) is 0. The number of nitrogens with zero attached hydrogens (tertiary/aromatic N) is 1. The lowest BCUT2D eigenvalue weighted by Gasteiger charge is -2.35. The minimum atomic E-state index is -0.499. The van der Waals surface area contributed by atoms with E-state index in [9.17, 15) is 4.79 Å². The van der Waals surface area contributed by atoms with Gasteiger partial charge in [-0.25, -0.2) is 4.79 Å². The molecule has 2 aliphatic rings. The molecule has 0 saturated carbocycles. The van der Waals surface area contributed by atoms with Gasteiger partial charge in [-0.3, -0.25) is 4.90 Å². The van der Waals surface area contributed by atoms with E-state index in [0.29, 0.717) is 0 Å². The van der Waals surface area contributed by atoms with Crippen molar-refractivity contribution in [1.29, 1.82) is 0 Å². The van der Waals surface area contributed by atoms with E-state index in [1.165, 1.54) is 5.57 Å². The molecule has 1 aliphatic heterocycles. The largest absolute Gasteiger partial charge is 0.432 e. The fourth-order valence-corrected chi connectivity index (χ4v) is 2.25. The Bertz CT molecular complexity index is 384. The van der Waals surface area contributed by atoms with Crippen LogP contribution < -0.4 is 0 Å². The van der Waals surface area contributed by atoms with Gasteiger partial charge >= 0.3 is 6.09 Å². The predicted molar refractivity (Wildman–Crippen MR) is 62.8 cm³/mol. The summed E-state index contributed by atoms with van der Waals surface area (Å²) in [6, 6.07) is 0.126. The Labute approximate surface area is 100 Å². The fraction of sp³-hybridized carbons (Fsp3) is 0.417. The SMILES string of the molecule is CC1CCC2=CCC=CC=C2N1C(=O)OCl. The van der Waals surface area contributed by atoms with Crippen LogP contribution in [0, 0.1) is 0 Å². The van der Waals surface area contributed by atoms with Crippen LogP contribution in [0.15, 0.2) is 35.6 Å². The number of carbonyl (C=O) groups is 1. The second-order valence-corrected chi connectivity index (χ2v) is 4.20. The number of piperidine rings is 1. The van der Waals surface area contributed by atoms with Crippen LogP contribution in [-0.2, 0) is 4.29 Å². The Hall–Kier alpha value is -1.22. The average Bonchev–Trinajstić information content (AvgIpc) is 2.53. The van der Waals surface area contributed by atoms with E-state index in [1.807, 2.05) is 19.1 Å². The van der Waals surface area contributed by atoms with Crippen molar-refractivity contribution in [1.82, 2.24) is 4.90 Å². The molecule has 0 aromatic rings. The fourth-order valence-electron chi connectivity index (χ4n) is 2.17. The first-order valence-electron chi connectivity index (χ1n) is 5.42. The van der Waals surface area contributed by atoms with Crippen molar-refractivity contribution in [2.75, 3.05) is 0 Å². The van der Waals surface area contributed by atoms with Gasteiger partial charge in [-0.1, -0.05) is 18.2 Å². The molecule has 1 heterocycles. The number of allylic oxidation sites excluding steroid dienone is 5. The first-order valence-corrected chi connectivity index (χ1v) is 5.73. The molecule has 0 radical (unpaired) electrons. The monoisotopic (exact) mass is 239 g/mol. The summed E-state index contributed by atoms with van der Waals surface area (Å²) in [5.41, 5.74) is 2.11. The maximum Gasteiger partial charge on any atom is 0.432 e. The van der Waals surface area contributed by atoms with Crippen LogP contribution in [0.25, 0.3) is 0 Å². The maximum atomic E-state index is 11.6. The quantitative estimate of drug-likeness (QED) is 0.647. The Morgan fingerprint density at radius 3 is 3.19 bits per heavy atom. The normalized spacial score (nSPS) is 24.1. The lowest BCUT2D eigenvalue weighted by molar-refractivity contribution is 0.150. The van der Waals surface area contributed by atoms with Gasteiger partial charge in [0.15, 0.2) is 0 Å². The van der Waals surface area contributed by atoms with Gasteiger partial charge in [0.05, 0.1) is 5.70 Å². The van der Waals surface area contributed by atoms with Crippen molar-refractivity contribution in [3.05, 3.63) is 35.6 Å². The first kappa shape index (κ1) is 11.3. The summed E-state index contributed by atoms with van der Waals surface area (Å²) in [6.45, 7) is 2.00. The number of halogens is 1. The number of rotatable bonds is 0. The molecular formula is C12H14ClNO2. The molecule has 0 N–H and O–H groups in total. The van der Waals surface area contributed by atoms with Gasteiger partial charge < -0.3 is 4.29 Å². The van der Waals surface area contributed by atoms with E-state index < -0.39 is 6.09 Å². The molecule has 1 saturated heterocycles. The molecule has 1 fully saturated rings. The molecular weight excluding hydrogens is 226 g/mol. The van der Waals surface area contributed by atoms with Crippen molar-refractivity contribution in [2.24, 2.45) is 0 Å². The van der Waals surface area contributed by atoms with Gasteiger partial charge in [0.2, 0.25) is 0 Å². The highest BCUT2D eigenvalue weighted by molar-refractivity contribution is 6.13. The molecule has 1 aliphatic carbocycles. The molecule has 4 heteroatoms. The Kier molecular flexibility index (Phi) is 3.34. The van der Waals surface area contributed by atoms with Crippen molar-refractivity contribution >= 4 is 18.0 Å². The lowest BCUT2D eigenvalue weighted by Crippen LogP contribution is -2.40. The lowest BCUT2D eigenvalue weighted by atomic mass is 9.95. The zero-order valence-electron chi connectivity index (χ0n) is 9.15. The number of amides is 1. The van der Waals surface area contributed by atoms with Gasteiger partial charge in [-0.05, 0) is 37.8 Å².